The maximum atomic E-state index is 11.1. The molecule has 0 bridgehead atoms. The van der Waals surface area contributed by atoms with Crippen LogP contribution in [0, 0.1) is 11.8 Å². The molecule has 0 unspecified atom stereocenters. The molecule has 5 nitrogen and oxygen atoms in total. The molecule has 3 atom stereocenters. The maximum absolute atomic E-state index is 11.1. The van der Waals surface area contributed by atoms with Gasteiger partial charge in [-0.3, -0.25) is 0 Å². The van der Waals surface area contributed by atoms with E-state index in [1.807, 2.05) is 42.5 Å². The second-order valence-corrected chi connectivity index (χ2v) is 7.79. The lowest BCUT2D eigenvalue weighted by molar-refractivity contribution is 0.179. The Morgan fingerprint density at radius 2 is 1.89 bits per heavy atom. The van der Waals surface area contributed by atoms with Crippen LogP contribution in [0.25, 0.3) is 0 Å². The molecule has 5 heteroatoms. The van der Waals surface area contributed by atoms with Crippen molar-refractivity contribution in [3.63, 3.8) is 0 Å². The van der Waals surface area contributed by atoms with Crippen molar-refractivity contribution in [1.82, 2.24) is 5.32 Å². The van der Waals surface area contributed by atoms with E-state index in [-0.39, 0.29) is 12.1 Å². The highest BCUT2D eigenvalue weighted by atomic mass is 16.6. The molecule has 1 heterocycles. The number of hydrogen-bond donors (Lipinski definition) is 2. The zero-order valence-corrected chi connectivity index (χ0v) is 16.5. The first-order valence-electron chi connectivity index (χ1n) is 9.88. The SMILES string of the molecule is CC(C)[C@@H](Cc1cccc(OCc2ccccc2)c1)C[C@H](NC(=O)O)[C@@H]1CO1. The van der Waals surface area contributed by atoms with Crippen LogP contribution in [0.3, 0.4) is 0 Å². The van der Waals surface area contributed by atoms with Crippen LogP contribution in [-0.2, 0) is 17.8 Å². The fourth-order valence-corrected chi connectivity index (χ4v) is 3.47. The molecule has 2 aromatic carbocycles. The maximum Gasteiger partial charge on any atom is 0.404 e. The van der Waals surface area contributed by atoms with Gasteiger partial charge >= 0.3 is 6.09 Å². The average molecular weight is 383 g/mol. The summed E-state index contributed by atoms with van der Waals surface area (Å²) in [5.41, 5.74) is 2.34. The molecule has 2 aromatic rings. The Balaban J connectivity index is 1.61. The van der Waals surface area contributed by atoms with E-state index in [2.05, 4.69) is 31.3 Å². The Morgan fingerprint density at radius 1 is 1.18 bits per heavy atom. The Bertz CT molecular complexity index is 758. The van der Waals surface area contributed by atoms with Gasteiger partial charge in [-0.15, -0.1) is 0 Å². The number of carboxylic acid groups (broad SMARTS) is 1. The van der Waals surface area contributed by atoms with Crippen molar-refractivity contribution in [2.45, 2.75) is 45.4 Å². The van der Waals surface area contributed by atoms with Gasteiger partial charge in [0.25, 0.3) is 0 Å². The third-order valence-corrected chi connectivity index (χ3v) is 5.26. The smallest absolute Gasteiger partial charge is 0.404 e. The molecule has 0 aliphatic carbocycles. The highest BCUT2D eigenvalue weighted by Crippen LogP contribution is 2.28. The van der Waals surface area contributed by atoms with Gasteiger partial charge in [-0.1, -0.05) is 56.3 Å². The van der Waals surface area contributed by atoms with E-state index >= 15 is 0 Å². The number of carbonyl (C=O) groups is 1. The molecule has 1 aliphatic heterocycles. The fourth-order valence-electron chi connectivity index (χ4n) is 3.47. The normalized spacial score (nSPS) is 17.8. The highest BCUT2D eigenvalue weighted by molar-refractivity contribution is 5.65. The lowest BCUT2D eigenvalue weighted by Gasteiger charge is -2.26. The Labute approximate surface area is 166 Å². The second kappa shape index (κ2) is 9.60. The number of ether oxygens (including phenoxy) is 2. The van der Waals surface area contributed by atoms with Crippen LogP contribution < -0.4 is 10.1 Å². The van der Waals surface area contributed by atoms with E-state index in [0.29, 0.717) is 25.0 Å². The predicted octanol–water partition coefficient (Wildman–Crippen LogP) is 4.51. The Kier molecular flexibility index (Phi) is 6.93. The Morgan fingerprint density at radius 3 is 2.54 bits per heavy atom. The molecule has 1 saturated heterocycles. The number of nitrogens with one attached hydrogen (secondary N) is 1. The molecule has 1 fully saturated rings. The number of rotatable bonds is 10. The van der Waals surface area contributed by atoms with Crippen LogP contribution in [0.5, 0.6) is 5.75 Å². The van der Waals surface area contributed by atoms with Gasteiger partial charge < -0.3 is 19.9 Å². The van der Waals surface area contributed by atoms with Crippen LogP contribution in [0.4, 0.5) is 4.79 Å². The summed E-state index contributed by atoms with van der Waals surface area (Å²) in [6.07, 6.45) is 0.672. The molecule has 3 rings (SSSR count). The fraction of sp³-hybridized carbons (Fsp3) is 0.435. The largest absolute Gasteiger partial charge is 0.489 e. The van der Waals surface area contributed by atoms with E-state index in [1.165, 1.54) is 5.56 Å². The summed E-state index contributed by atoms with van der Waals surface area (Å²) in [7, 11) is 0. The summed E-state index contributed by atoms with van der Waals surface area (Å²) in [6.45, 7) is 5.55. The van der Waals surface area contributed by atoms with Crippen LogP contribution in [0.15, 0.2) is 54.6 Å². The molecular formula is C23H29NO4. The molecule has 0 radical (unpaired) electrons. The van der Waals surface area contributed by atoms with Gasteiger partial charge in [-0.05, 0) is 47.9 Å². The first kappa shape index (κ1) is 20.2. The summed E-state index contributed by atoms with van der Waals surface area (Å²) in [6, 6.07) is 18.2. The molecule has 1 amide bonds. The van der Waals surface area contributed by atoms with Crippen molar-refractivity contribution < 1.29 is 19.4 Å². The topological polar surface area (TPSA) is 71.1 Å². The molecule has 0 saturated carbocycles. The van der Waals surface area contributed by atoms with Gasteiger partial charge in [0.1, 0.15) is 18.5 Å². The standard InChI is InChI=1S/C23H29NO4/c1-16(2)19(13-21(22-15-28-22)24-23(25)26)11-18-9-6-10-20(12-18)27-14-17-7-4-3-5-8-17/h3-10,12,16,19,21-22,24H,11,13-15H2,1-2H3,(H,25,26)/t19-,21-,22-/m0/s1. The summed E-state index contributed by atoms with van der Waals surface area (Å²) in [4.78, 5) is 11.1. The van der Waals surface area contributed by atoms with Gasteiger partial charge in [-0.25, -0.2) is 4.79 Å². The first-order valence-corrected chi connectivity index (χ1v) is 9.88. The number of hydrogen-bond acceptors (Lipinski definition) is 3. The predicted molar refractivity (Wildman–Crippen MR) is 109 cm³/mol. The molecule has 28 heavy (non-hydrogen) atoms. The van der Waals surface area contributed by atoms with Crippen molar-refractivity contribution in [1.29, 1.82) is 0 Å². The summed E-state index contributed by atoms with van der Waals surface area (Å²) in [5, 5.41) is 11.7. The minimum Gasteiger partial charge on any atom is -0.489 e. The van der Waals surface area contributed by atoms with Crippen molar-refractivity contribution in [3.05, 3.63) is 65.7 Å². The van der Waals surface area contributed by atoms with Gasteiger partial charge in [0.2, 0.25) is 0 Å². The third kappa shape index (κ3) is 6.27. The number of amides is 1. The third-order valence-electron chi connectivity index (χ3n) is 5.26. The average Bonchev–Trinajstić information content (AvgIpc) is 3.51. The highest BCUT2D eigenvalue weighted by Gasteiger charge is 2.36. The van der Waals surface area contributed by atoms with Crippen LogP contribution in [0.2, 0.25) is 0 Å². The second-order valence-electron chi connectivity index (χ2n) is 7.79. The molecule has 0 spiro atoms. The van der Waals surface area contributed by atoms with Crippen molar-refractivity contribution in [2.75, 3.05) is 6.61 Å². The monoisotopic (exact) mass is 383 g/mol. The lowest BCUT2D eigenvalue weighted by Crippen LogP contribution is -2.40. The van der Waals surface area contributed by atoms with Gasteiger partial charge in [0, 0.05) is 0 Å². The molecule has 1 aliphatic rings. The van der Waals surface area contributed by atoms with Crippen molar-refractivity contribution in [2.24, 2.45) is 11.8 Å². The summed E-state index contributed by atoms with van der Waals surface area (Å²) in [5.74, 6) is 1.64. The van der Waals surface area contributed by atoms with E-state index in [1.54, 1.807) is 0 Å². The minimum absolute atomic E-state index is 0.0119. The van der Waals surface area contributed by atoms with Gasteiger partial charge in [0.05, 0.1) is 12.6 Å². The minimum atomic E-state index is -0.987. The van der Waals surface area contributed by atoms with E-state index in [0.717, 1.165) is 24.2 Å². The molecule has 0 aromatic heterocycles. The summed E-state index contributed by atoms with van der Waals surface area (Å²) < 4.78 is 11.3. The number of epoxide rings is 1. The van der Waals surface area contributed by atoms with Crippen LogP contribution >= 0.6 is 0 Å². The van der Waals surface area contributed by atoms with Crippen molar-refractivity contribution >= 4 is 6.09 Å². The summed E-state index contributed by atoms with van der Waals surface area (Å²) >= 11 is 0. The zero-order valence-electron chi connectivity index (χ0n) is 16.5. The molecular weight excluding hydrogens is 354 g/mol. The quantitative estimate of drug-likeness (QED) is 0.593. The lowest BCUT2D eigenvalue weighted by atomic mass is 9.83. The van der Waals surface area contributed by atoms with Gasteiger partial charge in [0.15, 0.2) is 0 Å². The first-order chi connectivity index (χ1) is 13.5. The van der Waals surface area contributed by atoms with Crippen molar-refractivity contribution in [3.8, 4) is 5.75 Å². The van der Waals surface area contributed by atoms with E-state index in [4.69, 9.17) is 14.6 Å². The van der Waals surface area contributed by atoms with Crippen LogP contribution in [-0.4, -0.2) is 30.0 Å². The zero-order chi connectivity index (χ0) is 19.9. The van der Waals surface area contributed by atoms with E-state index < -0.39 is 6.09 Å². The molecule has 150 valence electrons. The molecule has 2 N–H and O–H groups in total. The van der Waals surface area contributed by atoms with Gasteiger partial charge in [-0.2, -0.15) is 0 Å². The van der Waals surface area contributed by atoms with E-state index in [9.17, 15) is 4.79 Å². The number of benzene rings is 2. The van der Waals surface area contributed by atoms with Crippen LogP contribution in [0.1, 0.15) is 31.4 Å². The Hall–Kier alpha value is -2.53.